The van der Waals surface area contributed by atoms with E-state index in [9.17, 15) is 13.5 Å². The van der Waals surface area contributed by atoms with Crippen LogP contribution in [-0.2, 0) is 10.0 Å². The summed E-state index contributed by atoms with van der Waals surface area (Å²) < 4.78 is 37.3. The molecule has 6 nitrogen and oxygen atoms in total. The van der Waals surface area contributed by atoms with E-state index in [4.69, 9.17) is 9.15 Å². The second-order valence-corrected chi connectivity index (χ2v) is 7.12. The highest BCUT2D eigenvalue weighted by atomic mass is 32.2. The van der Waals surface area contributed by atoms with E-state index in [1.165, 1.54) is 12.5 Å². The summed E-state index contributed by atoms with van der Waals surface area (Å²) >= 11 is 0. The predicted molar refractivity (Wildman–Crippen MR) is 85.9 cm³/mol. The first-order valence-electron chi connectivity index (χ1n) is 7.20. The molecule has 0 bridgehead atoms. The Kier molecular flexibility index (Phi) is 5.46. The lowest BCUT2D eigenvalue weighted by Gasteiger charge is -2.13. The Balaban J connectivity index is 2.04. The summed E-state index contributed by atoms with van der Waals surface area (Å²) in [6.45, 7) is 3.72. The van der Waals surface area contributed by atoms with E-state index in [1.54, 1.807) is 39.2 Å². The number of nitrogens with one attached hydrogen (secondary N) is 1. The molecule has 0 aliphatic rings. The molecule has 0 saturated heterocycles. The molecule has 1 unspecified atom stereocenters. The summed E-state index contributed by atoms with van der Waals surface area (Å²) in [5.74, 6) is 0.680. The molecule has 2 rings (SSSR count). The summed E-state index contributed by atoms with van der Waals surface area (Å²) in [5, 5.41) is 9.92. The molecule has 1 atom stereocenters. The van der Waals surface area contributed by atoms with E-state index >= 15 is 0 Å². The normalized spacial score (nSPS) is 13.0. The molecule has 2 aromatic rings. The molecule has 0 amide bonds. The molecule has 1 heterocycles. The summed E-state index contributed by atoms with van der Waals surface area (Å²) in [6, 6.07) is 4.79. The fourth-order valence-corrected chi connectivity index (χ4v) is 3.65. The zero-order chi connectivity index (χ0) is 17.0. The van der Waals surface area contributed by atoms with Crippen molar-refractivity contribution in [1.29, 1.82) is 0 Å². The lowest BCUT2D eigenvalue weighted by molar-refractivity contribution is 0.168. The van der Waals surface area contributed by atoms with Crippen molar-refractivity contribution in [2.75, 3.05) is 13.7 Å². The van der Waals surface area contributed by atoms with Crippen molar-refractivity contribution in [3.8, 4) is 5.75 Å². The number of benzene rings is 1. The van der Waals surface area contributed by atoms with Gasteiger partial charge in [-0.3, -0.25) is 0 Å². The Bertz CT molecular complexity index is 730. The molecule has 0 fully saturated rings. The first-order chi connectivity index (χ1) is 10.8. The van der Waals surface area contributed by atoms with Gasteiger partial charge in [0.05, 0.1) is 30.6 Å². The third-order valence-electron chi connectivity index (χ3n) is 3.59. The van der Waals surface area contributed by atoms with Gasteiger partial charge >= 0.3 is 0 Å². The van der Waals surface area contributed by atoms with Crippen molar-refractivity contribution in [2.24, 2.45) is 0 Å². The van der Waals surface area contributed by atoms with E-state index in [1.807, 2.05) is 0 Å². The number of rotatable bonds is 7. The lowest BCUT2D eigenvalue weighted by Crippen LogP contribution is -2.26. The molecule has 0 aliphatic heterocycles. The number of hydrogen-bond donors (Lipinski definition) is 2. The van der Waals surface area contributed by atoms with E-state index in [0.29, 0.717) is 11.3 Å². The summed E-state index contributed by atoms with van der Waals surface area (Å²) in [4.78, 5) is 0.186. The van der Waals surface area contributed by atoms with Gasteiger partial charge in [0.15, 0.2) is 0 Å². The average molecular weight is 339 g/mol. The van der Waals surface area contributed by atoms with Gasteiger partial charge in [-0.1, -0.05) is 0 Å². The minimum absolute atomic E-state index is 0.124. The summed E-state index contributed by atoms with van der Waals surface area (Å²) in [5.41, 5.74) is 2.14. The van der Waals surface area contributed by atoms with Crippen LogP contribution in [0, 0.1) is 13.8 Å². The van der Waals surface area contributed by atoms with E-state index < -0.39 is 16.1 Å². The number of furan rings is 1. The maximum Gasteiger partial charge on any atom is 0.240 e. The Morgan fingerprint density at radius 2 is 1.96 bits per heavy atom. The first kappa shape index (κ1) is 17.5. The number of methoxy groups -OCH3 is 1. The minimum Gasteiger partial charge on any atom is -0.496 e. The van der Waals surface area contributed by atoms with Crippen LogP contribution in [0.25, 0.3) is 0 Å². The SMILES string of the molecule is COc1c(C)cc(S(=O)(=O)NCCC(O)c2ccoc2)cc1C. The zero-order valence-electron chi connectivity index (χ0n) is 13.4. The van der Waals surface area contributed by atoms with Crippen LogP contribution < -0.4 is 9.46 Å². The number of ether oxygens (including phenoxy) is 1. The second kappa shape index (κ2) is 7.16. The van der Waals surface area contributed by atoms with Gasteiger partial charge < -0.3 is 14.3 Å². The molecular formula is C16H21NO5S. The molecule has 126 valence electrons. The number of aryl methyl sites for hydroxylation is 2. The Labute approximate surface area is 136 Å². The van der Waals surface area contributed by atoms with Crippen molar-refractivity contribution in [2.45, 2.75) is 31.3 Å². The quantitative estimate of drug-likeness (QED) is 0.808. The van der Waals surface area contributed by atoms with Crippen molar-refractivity contribution in [3.05, 3.63) is 47.4 Å². The Morgan fingerprint density at radius 1 is 1.30 bits per heavy atom. The van der Waals surface area contributed by atoms with Crippen molar-refractivity contribution >= 4 is 10.0 Å². The number of aliphatic hydroxyl groups is 1. The van der Waals surface area contributed by atoms with Gasteiger partial charge in [-0.2, -0.15) is 0 Å². The van der Waals surface area contributed by atoms with Gasteiger partial charge in [-0.15, -0.1) is 0 Å². The molecule has 0 radical (unpaired) electrons. The van der Waals surface area contributed by atoms with E-state index in [0.717, 1.165) is 11.1 Å². The van der Waals surface area contributed by atoms with E-state index in [-0.39, 0.29) is 17.9 Å². The molecule has 23 heavy (non-hydrogen) atoms. The number of sulfonamides is 1. The Hall–Kier alpha value is -1.83. The highest BCUT2D eigenvalue weighted by Gasteiger charge is 2.18. The summed E-state index contributed by atoms with van der Waals surface area (Å²) in [6.07, 6.45) is 2.39. The molecule has 0 saturated carbocycles. The van der Waals surface area contributed by atoms with Crippen LogP contribution in [-0.4, -0.2) is 27.2 Å². The van der Waals surface area contributed by atoms with Crippen LogP contribution >= 0.6 is 0 Å². The van der Waals surface area contributed by atoms with Gasteiger partial charge in [-0.25, -0.2) is 13.1 Å². The lowest BCUT2D eigenvalue weighted by atomic mass is 10.1. The smallest absolute Gasteiger partial charge is 0.240 e. The zero-order valence-corrected chi connectivity index (χ0v) is 14.2. The Morgan fingerprint density at radius 3 is 2.48 bits per heavy atom. The van der Waals surface area contributed by atoms with Crippen LogP contribution in [0.4, 0.5) is 0 Å². The van der Waals surface area contributed by atoms with Gasteiger partial charge in [0.1, 0.15) is 5.75 Å². The topological polar surface area (TPSA) is 88.8 Å². The molecular weight excluding hydrogens is 318 g/mol. The average Bonchev–Trinajstić information content (AvgIpc) is 3.01. The fraction of sp³-hybridized carbons (Fsp3) is 0.375. The van der Waals surface area contributed by atoms with Crippen LogP contribution in [0.2, 0.25) is 0 Å². The monoisotopic (exact) mass is 339 g/mol. The third kappa shape index (κ3) is 4.13. The van der Waals surface area contributed by atoms with Crippen molar-refractivity contribution in [3.63, 3.8) is 0 Å². The van der Waals surface area contributed by atoms with E-state index in [2.05, 4.69) is 4.72 Å². The first-order valence-corrected chi connectivity index (χ1v) is 8.68. The number of aliphatic hydroxyl groups excluding tert-OH is 1. The third-order valence-corrected chi connectivity index (χ3v) is 5.03. The van der Waals surface area contributed by atoms with Gasteiger partial charge in [0.25, 0.3) is 0 Å². The minimum atomic E-state index is -3.63. The fourth-order valence-electron chi connectivity index (χ4n) is 2.43. The number of hydrogen-bond acceptors (Lipinski definition) is 5. The molecule has 2 N–H and O–H groups in total. The maximum absolute atomic E-state index is 12.4. The van der Waals surface area contributed by atoms with Gasteiger partial charge in [0, 0.05) is 12.1 Å². The highest BCUT2D eigenvalue weighted by Crippen LogP contribution is 2.26. The van der Waals surface area contributed by atoms with Crippen molar-refractivity contribution in [1.82, 2.24) is 4.72 Å². The molecule has 1 aromatic heterocycles. The maximum atomic E-state index is 12.4. The van der Waals surface area contributed by atoms with Gasteiger partial charge in [0.2, 0.25) is 10.0 Å². The molecule has 7 heteroatoms. The van der Waals surface area contributed by atoms with Gasteiger partial charge in [-0.05, 0) is 49.6 Å². The largest absolute Gasteiger partial charge is 0.496 e. The van der Waals surface area contributed by atoms with Crippen LogP contribution in [0.1, 0.15) is 29.2 Å². The van der Waals surface area contributed by atoms with Crippen LogP contribution in [0.5, 0.6) is 5.75 Å². The predicted octanol–water partition coefficient (Wildman–Crippen LogP) is 2.31. The van der Waals surface area contributed by atoms with Crippen LogP contribution in [0.15, 0.2) is 40.0 Å². The molecule has 1 aromatic carbocycles. The summed E-state index contributed by atoms with van der Waals surface area (Å²) in [7, 11) is -2.08. The van der Waals surface area contributed by atoms with Crippen molar-refractivity contribution < 1.29 is 22.7 Å². The standard InChI is InChI=1S/C16H21NO5S/c1-11-8-14(9-12(2)16(11)21-3)23(19,20)17-6-4-15(18)13-5-7-22-10-13/h5,7-10,15,17-18H,4,6H2,1-3H3. The molecule has 0 aliphatic carbocycles. The highest BCUT2D eigenvalue weighted by molar-refractivity contribution is 7.89. The molecule has 0 spiro atoms. The van der Waals surface area contributed by atoms with Crippen LogP contribution in [0.3, 0.4) is 0 Å². The second-order valence-electron chi connectivity index (χ2n) is 5.35.